The molecule has 1 atom stereocenters. The number of H-pyrrole nitrogens is 1. The number of fused-ring (bicyclic) bond motifs is 1. The summed E-state index contributed by atoms with van der Waals surface area (Å²) in [6.07, 6.45) is 4.62. The van der Waals surface area contributed by atoms with E-state index in [0.717, 1.165) is 34.4 Å². The quantitative estimate of drug-likeness (QED) is 0.198. The first-order chi connectivity index (χ1) is 22.2. The summed E-state index contributed by atoms with van der Waals surface area (Å²) < 4.78 is 27.3. The number of benzene rings is 2. The van der Waals surface area contributed by atoms with E-state index in [1.54, 1.807) is 0 Å². The number of halogens is 1. The molecule has 0 spiro atoms. The average Bonchev–Trinajstić information content (AvgIpc) is 3.67. The van der Waals surface area contributed by atoms with E-state index in [4.69, 9.17) is 19.3 Å². The third kappa shape index (κ3) is 7.77. The van der Waals surface area contributed by atoms with Gasteiger partial charge in [0, 0.05) is 23.6 Å². The SMILES string of the molecule is CCCc1c(Cc2ccc(-c3ccccc3-c3noc(=O)[nH]3)cc2)c(=O)n(C2CCC(OCC(C)(O)CF)CC2)c2nc(C)nn12.[KH]. The summed E-state index contributed by atoms with van der Waals surface area (Å²) in [5.41, 5.74) is 3.56. The number of aromatic nitrogens is 6. The van der Waals surface area contributed by atoms with Crippen molar-refractivity contribution >= 4 is 57.2 Å². The van der Waals surface area contributed by atoms with Crippen LogP contribution in [0.4, 0.5) is 4.39 Å². The van der Waals surface area contributed by atoms with Gasteiger partial charge in [0.15, 0.2) is 5.82 Å². The molecule has 0 bridgehead atoms. The predicted molar refractivity (Wildman–Crippen MR) is 178 cm³/mol. The molecule has 1 aliphatic carbocycles. The number of hydrogen-bond donors (Lipinski definition) is 2. The van der Waals surface area contributed by atoms with Crippen LogP contribution in [0, 0.1) is 6.92 Å². The van der Waals surface area contributed by atoms with E-state index in [1.165, 1.54) is 6.92 Å². The van der Waals surface area contributed by atoms with Crippen LogP contribution in [0.5, 0.6) is 0 Å². The van der Waals surface area contributed by atoms with Crippen molar-refractivity contribution in [1.82, 2.24) is 29.3 Å². The number of aryl methyl sites for hydroxylation is 2. The standard InChI is InChI=1S/C34H39FN6O5.K.H/c1-4-7-29-28(18-22-10-12-23(13-11-22)26-8-5-6-9-27(26)30-37-33(43)46-39-30)31(42)40(32-36-21(2)38-41(29)32)24-14-16-25(17-15-24)45-20-34(3,44)19-35;;/h5-6,8-13,24-25,44H,4,7,14-20H2,1-3H3,(H,37,39,43);;. The van der Waals surface area contributed by atoms with Crippen molar-refractivity contribution in [2.75, 3.05) is 13.3 Å². The van der Waals surface area contributed by atoms with Gasteiger partial charge in [-0.15, -0.1) is 0 Å². The molecule has 47 heavy (non-hydrogen) atoms. The van der Waals surface area contributed by atoms with Gasteiger partial charge in [-0.05, 0) is 62.6 Å². The Labute approximate surface area is 314 Å². The maximum absolute atomic E-state index is 14.4. The number of ether oxygens (including phenoxy) is 1. The van der Waals surface area contributed by atoms with Crippen molar-refractivity contribution in [1.29, 1.82) is 0 Å². The molecule has 3 heterocycles. The summed E-state index contributed by atoms with van der Waals surface area (Å²) in [6, 6.07) is 15.6. The molecule has 5 aromatic rings. The topological polar surface area (TPSA) is 141 Å². The third-order valence-electron chi connectivity index (χ3n) is 8.67. The van der Waals surface area contributed by atoms with Crippen LogP contribution in [0.3, 0.4) is 0 Å². The number of aliphatic hydroxyl groups is 1. The van der Waals surface area contributed by atoms with Crippen LogP contribution < -0.4 is 11.3 Å². The molecule has 244 valence electrons. The van der Waals surface area contributed by atoms with Crippen LogP contribution in [-0.4, -0.2) is 111 Å². The van der Waals surface area contributed by atoms with Gasteiger partial charge in [-0.25, -0.2) is 13.7 Å². The Balaban J connectivity index is 0.00000433. The molecule has 0 amide bonds. The number of rotatable bonds is 11. The fraction of sp³-hybridized carbons (Fsp3) is 0.441. The second-order valence-electron chi connectivity index (χ2n) is 12.5. The van der Waals surface area contributed by atoms with E-state index >= 15 is 0 Å². The van der Waals surface area contributed by atoms with E-state index in [0.29, 0.717) is 61.5 Å². The predicted octanol–water partition coefficient (Wildman–Crippen LogP) is 4.33. The van der Waals surface area contributed by atoms with Crippen molar-refractivity contribution in [3.63, 3.8) is 0 Å². The number of alkyl halides is 1. The molecule has 3 aromatic heterocycles. The molecule has 2 N–H and O–H groups in total. The van der Waals surface area contributed by atoms with Gasteiger partial charge < -0.3 is 9.84 Å². The Morgan fingerprint density at radius 1 is 1.09 bits per heavy atom. The molecule has 0 aliphatic heterocycles. The first-order valence-electron chi connectivity index (χ1n) is 15.8. The van der Waals surface area contributed by atoms with Crippen molar-refractivity contribution in [3.8, 4) is 22.5 Å². The van der Waals surface area contributed by atoms with E-state index < -0.39 is 18.0 Å². The summed E-state index contributed by atoms with van der Waals surface area (Å²) >= 11 is 0. The molecular weight excluding hydrogens is 631 g/mol. The number of hydrogen-bond acceptors (Lipinski definition) is 8. The molecule has 0 radical (unpaired) electrons. The van der Waals surface area contributed by atoms with Gasteiger partial charge in [0.05, 0.1) is 18.4 Å². The van der Waals surface area contributed by atoms with E-state index in [9.17, 15) is 19.1 Å². The van der Waals surface area contributed by atoms with Crippen molar-refractivity contribution in [3.05, 3.63) is 92.1 Å². The van der Waals surface area contributed by atoms with Crippen LogP contribution in [0.25, 0.3) is 28.3 Å². The minimum absolute atomic E-state index is 0. The van der Waals surface area contributed by atoms with Gasteiger partial charge in [-0.1, -0.05) is 67.0 Å². The van der Waals surface area contributed by atoms with Gasteiger partial charge in [0.25, 0.3) is 5.56 Å². The fourth-order valence-corrected chi connectivity index (χ4v) is 6.33. The Bertz CT molecular complexity index is 1940. The van der Waals surface area contributed by atoms with Crippen LogP contribution in [-0.2, 0) is 17.6 Å². The van der Waals surface area contributed by atoms with E-state index in [2.05, 4.69) is 17.1 Å². The van der Waals surface area contributed by atoms with E-state index in [-0.39, 0.29) is 75.7 Å². The van der Waals surface area contributed by atoms with Crippen molar-refractivity contribution in [2.24, 2.45) is 0 Å². The Morgan fingerprint density at radius 3 is 2.43 bits per heavy atom. The molecular formula is C34H40FKN6O5. The van der Waals surface area contributed by atoms with Crippen molar-refractivity contribution in [2.45, 2.75) is 83.5 Å². The maximum atomic E-state index is 14.4. The third-order valence-corrected chi connectivity index (χ3v) is 8.67. The Morgan fingerprint density at radius 2 is 1.79 bits per heavy atom. The van der Waals surface area contributed by atoms with Crippen LogP contribution >= 0.6 is 0 Å². The normalized spacial score (nSPS) is 17.8. The molecule has 6 rings (SSSR count). The monoisotopic (exact) mass is 670 g/mol. The zero-order valence-corrected chi connectivity index (χ0v) is 26.3. The molecule has 0 saturated heterocycles. The first-order valence-corrected chi connectivity index (χ1v) is 15.8. The fourth-order valence-electron chi connectivity index (χ4n) is 6.33. The molecule has 1 saturated carbocycles. The first kappa shape index (κ1) is 35.5. The molecule has 11 nitrogen and oxygen atoms in total. The van der Waals surface area contributed by atoms with Gasteiger partial charge in [0.1, 0.15) is 18.1 Å². The number of aromatic amines is 1. The summed E-state index contributed by atoms with van der Waals surface area (Å²) in [7, 11) is 0. The summed E-state index contributed by atoms with van der Waals surface area (Å²) in [5.74, 6) is 0.900. The zero-order valence-electron chi connectivity index (χ0n) is 26.3. The number of nitrogens with one attached hydrogen (secondary N) is 1. The summed E-state index contributed by atoms with van der Waals surface area (Å²) in [4.78, 5) is 33.3. The van der Waals surface area contributed by atoms with Crippen LogP contribution in [0.15, 0.2) is 62.6 Å². The van der Waals surface area contributed by atoms with Crippen molar-refractivity contribution < 1.29 is 18.8 Å². The van der Waals surface area contributed by atoms with Crippen LogP contribution in [0.1, 0.15) is 74.6 Å². The van der Waals surface area contributed by atoms with Crippen LogP contribution in [0.2, 0.25) is 0 Å². The Hall–Kier alpha value is -2.78. The second-order valence-corrected chi connectivity index (χ2v) is 12.5. The van der Waals surface area contributed by atoms with Gasteiger partial charge in [-0.2, -0.15) is 10.1 Å². The average molecular weight is 671 g/mol. The molecule has 13 heteroatoms. The minimum atomic E-state index is -1.50. The molecule has 1 unspecified atom stereocenters. The van der Waals surface area contributed by atoms with Gasteiger partial charge >= 0.3 is 57.1 Å². The number of nitrogens with zero attached hydrogens (tertiary/aromatic N) is 5. The summed E-state index contributed by atoms with van der Waals surface area (Å²) in [5, 5.41) is 18.6. The van der Waals surface area contributed by atoms with Gasteiger partial charge in [0.2, 0.25) is 5.78 Å². The molecule has 1 aliphatic rings. The van der Waals surface area contributed by atoms with E-state index in [1.807, 2.05) is 64.5 Å². The molecule has 2 aromatic carbocycles. The Kier molecular flexibility index (Phi) is 11.5. The zero-order chi connectivity index (χ0) is 32.4. The second kappa shape index (κ2) is 15.2. The molecule has 1 fully saturated rings. The van der Waals surface area contributed by atoms with Gasteiger partial charge in [-0.3, -0.25) is 18.9 Å². The summed E-state index contributed by atoms with van der Waals surface area (Å²) in [6.45, 7) is 4.42.